The first-order valence-corrected chi connectivity index (χ1v) is 6.90. The monoisotopic (exact) mass is 247 g/mol. The van der Waals surface area contributed by atoms with Crippen LogP contribution in [0.1, 0.15) is 38.5 Å². The molecule has 4 N–H and O–H groups in total. The second-order valence-corrected chi connectivity index (χ2v) is 5.46. The van der Waals surface area contributed by atoms with E-state index in [1.54, 1.807) is 6.33 Å². The van der Waals surface area contributed by atoms with Gasteiger partial charge in [0.15, 0.2) is 0 Å². The van der Waals surface area contributed by atoms with Crippen LogP contribution in [0.4, 0.5) is 11.6 Å². The average molecular weight is 247 g/mol. The van der Waals surface area contributed by atoms with Gasteiger partial charge in [-0.25, -0.2) is 9.97 Å². The zero-order valence-corrected chi connectivity index (χ0v) is 10.6. The summed E-state index contributed by atoms with van der Waals surface area (Å²) in [6, 6.07) is 3.53. The minimum absolute atomic E-state index is 0.389. The van der Waals surface area contributed by atoms with Crippen molar-refractivity contribution in [1.82, 2.24) is 9.97 Å². The fraction of sp³-hybridized carbons (Fsp3) is 0.692. The van der Waals surface area contributed by atoms with Gasteiger partial charge in [-0.15, -0.1) is 0 Å². The van der Waals surface area contributed by atoms with Gasteiger partial charge in [-0.2, -0.15) is 0 Å². The van der Waals surface area contributed by atoms with Crippen molar-refractivity contribution in [3.05, 3.63) is 12.4 Å². The quantitative estimate of drug-likeness (QED) is 0.755. The Labute approximate surface area is 108 Å². The Kier molecular flexibility index (Phi) is 3.32. The number of aromatic nitrogens is 2. The van der Waals surface area contributed by atoms with Crippen molar-refractivity contribution in [1.29, 1.82) is 0 Å². The minimum Gasteiger partial charge on any atom is -0.367 e. The van der Waals surface area contributed by atoms with Crippen molar-refractivity contribution >= 4 is 11.6 Å². The predicted molar refractivity (Wildman–Crippen MR) is 72.5 cm³/mol. The van der Waals surface area contributed by atoms with Crippen molar-refractivity contribution in [2.24, 2.45) is 5.73 Å². The molecular weight excluding hydrogens is 226 g/mol. The smallest absolute Gasteiger partial charge is 0.131 e. The standard InChI is InChI=1S/C13H21N5/c14-9-1-3-10(4-2-9)17-12-7-13(16-8-15-12)18-11-5-6-11/h7-11H,1-6,14H2,(H2,15,16,17,18). The summed E-state index contributed by atoms with van der Waals surface area (Å²) in [5.41, 5.74) is 5.91. The summed E-state index contributed by atoms with van der Waals surface area (Å²) in [5, 5.41) is 6.88. The molecule has 0 atom stereocenters. The molecule has 0 saturated heterocycles. The summed E-state index contributed by atoms with van der Waals surface area (Å²) in [5.74, 6) is 1.86. The molecule has 2 aliphatic rings. The zero-order chi connectivity index (χ0) is 12.4. The van der Waals surface area contributed by atoms with Gasteiger partial charge in [0, 0.05) is 24.2 Å². The number of nitrogens with zero attached hydrogens (tertiary/aromatic N) is 2. The maximum Gasteiger partial charge on any atom is 0.131 e. The number of nitrogens with two attached hydrogens (primary N) is 1. The van der Waals surface area contributed by atoms with Crippen LogP contribution in [0.15, 0.2) is 12.4 Å². The second-order valence-electron chi connectivity index (χ2n) is 5.46. The molecule has 2 aliphatic carbocycles. The Hall–Kier alpha value is -1.36. The van der Waals surface area contributed by atoms with Crippen molar-refractivity contribution < 1.29 is 0 Å². The number of hydrogen-bond donors (Lipinski definition) is 3. The first kappa shape index (κ1) is 11.7. The highest BCUT2D eigenvalue weighted by atomic mass is 15.1. The van der Waals surface area contributed by atoms with E-state index in [1.807, 2.05) is 6.07 Å². The van der Waals surface area contributed by atoms with Gasteiger partial charge in [-0.05, 0) is 38.5 Å². The molecule has 98 valence electrons. The van der Waals surface area contributed by atoms with E-state index >= 15 is 0 Å². The molecule has 5 heteroatoms. The van der Waals surface area contributed by atoms with Gasteiger partial charge in [-0.3, -0.25) is 0 Å². The average Bonchev–Trinajstić information content (AvgIpc) is 3.17. The van der Waals surface area contributed by atoms with Crippen LogP contribution in [-0.4, -0.2) is 28.1 Å². The lowest BCUT2D eigenvalue weighted by Gasteiger charge is -2.27. The molecule has 2 saturated carbocycles. The molecule has 0 aromatic carbocycles. The Morgan fingerprint density at radius 2 is 1.39 bits per heavy atom. The summed E-state index contributed by atoms with van der Waals surface area (Å²) >= 11 is 0. The van der Waals surface area contributed by atoms with E-state index in [-0.39, 0.29) is 0 Å². The summed E-state index contributed by atoms with van der Waals surface area (Å²) in [6.07, 6.45) is 8.63. The largest absolute Gasteiger partial charge is 0.367 e. The number of anilines is 2. The lowest BCUT2D eigenvalue weighted by Crippen LogP contribution is -2.33. The third-order valence-electron chi connectivity index (χ3n) is 3.72. The summed E-state index contributed by atoms with van der Waals surface area (Å²) in [6.45, 7) is 0. The van der Waals surface area contributed by atoms with Gasteiger partial charge in [0.05, 0.1) is 0 Å². The van der Waals surface area contributed by atoms with Crippen molar-refractivity contribution in [3.8, 4) is 0 Å². The van der Waals surface area contributed by atoms with Crippen LogP contribution < -0.4 is 16.4 Å². The molecule has 1 heterocycles. The maximum atomic E-state index is 5.91. The Balaban J connectivity index is 1.57. The molecular formula is C13H21N5. The van der Waals surface area contributed by atoms with Gasteiger partial charge in [0.2, 0.25) is 0 Å². The van der Waals surface area contributed by atoms with E-state index in [2.05, 4.69) is 20.6 Å². The van der Waals surface area contributed by atoms with Crippen LogP contribution in [-0.2, 0) is 0 Å². The molecule has 0 amide bonds. The van der Waals surface area contributed by atoms with Crippen LogP contribution in [0.5, 0.6) is 0 Å². The molecule has 3 rings (SSSR count). The third-order valence-corrected chi connectivity index (χ3v) is 3.72. The molecule has 0 spiro atoms. The molecule has 0 radical (unpaired) electrons. The second kappa shape index (κ2) is 5.10. The van der Waals surface area contributed by atoms with E-state index < -0.39 is 0 Å². The zero-order valence-electron chi connectivity index (χ0n) is 10.6. The van der Waals surface area contributed by atoms with Crippen LogP contribution in [0.2, 0.25) is 0 Å². The molecule has 0 unspecified atom stereocenters. The summed E-state index contributed by atoms with van der Waals surface area (Å²) in [4.78, 5) is 8.53. The van der Waals surface area contributed by atoms with Gasteiger partial charge in [-0.1, -0.05) is 0 Å². The van der Waals surface area contributed by atoms with Crippen LogP contribution >= 0.6 is 0 Å². The SMILES string of the molecule is NC1CCC(Nc2cc(NC3CC3)ncn2)CC1. The molecule has 0 bridgehead atoms. The maximum absolute atomic E-state index is 5.91. The fourth-order valence-corrected chi connectivity index (χ4v) is 2.42. The molecule has 2 fully saturated rings. The van der Waals surface area contributed by atoms with Crippen LogP contribution in [0.3, 0.4) is 0 Å². The van der Waals surface area contributed by atoms with Crippen molar-refractivity contribution in [3.63, 3.8) is 0 Å². The highest BCUT2D eigenvalue weighted by Crippen LogP contribution is 2.25. The molecule has 5 nitrogen and oxygen atoms in total. The Morgan fingerprint density at radius 1 is 0.889 bits per heavy atom. The number of hydrogen-bond acceptors (Lipinski definition) is 5. The highest BCUT2D eigenvalue weighted by Gasteiger charge is 2.22. The first-order valence-electron chi connectivity index (χ1n) is 6.90. The van der Waals surface area contributed by atoms with E-state index in [4.69, 9.17) is 5.73 Å². The summed E-state index contributed by atoms with van der Waals surface area (Å²) < 4.78 is 0. The van der Waals surface area contributed by atoms with Gasteiger partial charge < -0.3 is 16.4 Å². The molecule has 0 aliphatic heterocycles. The van der Waals surface area contributed by atoms with Gasteiger partial charge >= 0.3 is 0 Å². The van der Waals surface area contributed by atoms with Gasteiger partial charge in [0.25, 0.3) is 0 Å². The van der Waals surface area contributed by atoms with E-state index in [0.29, 0.717) is 18.1 Å². The van der Waals surface area contributed by atoms with Crippen molar-refractivity contribution in [2.45, 2.75) is 56.7 Å². The fourth-order valence-electron chi connectivity index (χ4n) is 2.42. The van der Waals surface area contributed by atoms with E-state index in [1.165, 1.54) is 12.8 Å². The van der Waals surface area contributed by atoms with E-state index in [9.17, 15) is 0 Å². The lowest BCUT2D eigenvalue weighted by molar-refractivity contribution is 0.410. The van der Waals surface area contributed by atoms with Crippen molar-refractivity contribution in [2.75, 3.05) is 10.6 Å². The van der Waals surface area contributed by atoms with Crippen LogP contribution in [0, 0.1) is 0 Å². The highest BCUT2D eigenvalue weighted by molar-refractivity contribution is 5.48. The minimum atomic E-state index is 0.389. The normalized spacial score (nSPS) is 27.8. The topological polar surface area (TPSA) is 75.9 Å². The Morgan fingerprint density at radius 3 is 1.89 bits per heavy atom. The van der Waals surface area contributed by atoms with Crippen LogP contribution in [0.25, 0.3) is 0 Å². The third kappa shape index (κ3) is 3.10. The summed E-state index contributed by atoms with van der Waals surface area (Å²) in [7, 11) is 0. The number of nitrogens with one attached hydrogen (secondary N) is 2. The Bertz CT molecular complexity index is 396. The van der Waals surface area contributed by atoms with Gasteiger partial charge in [0.1, 0.15) is 18.0 Å². The number of rotatable bonds is 4. The predicted octanol–water partition coefficient (Wildman–Crippen LogP) is 1.73. The first-order chi connectivity index (χ1) is 8.79. The van der Waals surface area contributed by atoms with E-state index in [0.717, 1.165) is 37.3 Å². The molecule has 1 aromatic heterocycles. The lowest BCUT2D eigenvalue weighted by atomic mass is 9.92. The molecule has 18 heavy (non-hydrogen) atoms. The molecule has 1 aromatic rings.